The van der Waals surface area contributed by atoms with E-state index in [9.17, 15) is 0 Å². The van der Waals surface area contributed by atoms with Gasteiger partial charge in [0.2, 0.25) is 0 Å². The Kier molecular flexibility index (Phi) is 2.03. The fourth-order valence-electron chi connectivity index (χ4n) is 3.07. The van der Waals surface area contributed by atoms with Crippen molar-refractivity contribution in [3.05, 3.63) is 121 Å². The Morgan fingerprint density at radius 3 is 2.00 bits per heavy atom. The standard InChI is InChI=1S/C25H22Si/c1-21-12-11-19-25(20-21)26(22-13-5-2-6-14-22,23-15-7-3-8-16-23)24-17-9-4-10-18-24/h2-20H,1H3/i2D,3D,5D,6D,7D,8D,11D,12D,13D,14D,15D,19D,20D. The molecule has 0 bridgehead atoms. The van der Waals surface area contributed by atoms with Crippen molar-refractivity contribution in [1.29, 1.82) is 0 Å². The Balaban J connectivity index is 2.50. The molecule has 126 valence electrons. The first kappa shape index (κ1) is 7.38. The lowest BCUT2D eigenvalue weighted by Gasteiger charge is -2.34. The van der Waals surface area contributed by atoms with Crippen molar-refractivity contribution >= 4 is 28.8 Å². The van der Waals surface area contributed by atoms with E-state index in [1.807, 2.05) is 0 Å². The first-order valence-corrected chi connectivity index (χ1v) is 9.99. The second-order valence-electron chi connectivity index (χ2n) is 5.69. The summed E-state index contributed by atoms with van der Waals surface area (Å²) < 4.78 is 111. The average molecular weight is 364 g/mol. The molecule has 4 rings (SSSR count). The molecule has 0 aromatic heterocycles. The Hall–Kier alpha value is -2.90. The molecule has 0 aliphatic rings. The van der Waals surface area contributed by atoms with Crippen LogP contribution >= 0.6 is 0 Å². The second kappa shape index (κ2) is 7.15. The molecule has 0 radical (unpaired) electrons. The van der Waals surface area contributed by atoms with Crippen molar-refractivity contribution in [3.8, 4) is 0 Å². The van der Waals surface area contributed by atoms with Crippen LogP contribution in [0.3, 0.4) is 0 Å². The Bertz CT molecular complexity index is 1520. The number of hydrogen-bond acceptors (Lipinski definition) is 0. The van der Waals surface area contributed by atoms with Crippen molar-refractivity contribution < 1.29 is 17.8 Å². The van der Waals surface area contributed by atoms with Gasteiger partial charge in [-0.05, 0) is 27.7 Å². The number of hydrogen-bond donors (Lipinski definition) is 0. The lowest BCUT2D eigenvalue weighted by Crippen LogP contribution is -2.74. The van der Waals surface area contributed by atoms with E-state index in [0.717, 1.165) is 6.07 Å². The summed E-state index contributed by atoms with van der Waals surface area (Å²) >= 11 is 0. The van der Waals surface area contributed by atoms with Crippen LogP contribution < -0.4 is 20.7 Å². The third-order valence-corrected chi connectivity index (χ3v) is 8.44. The summed E-state index contributed by atoms with van der Waals surface area (Å²) in [5, 5.41) is -0.345. The van der Waals surface area contributed by atoms with Gasteiger partial charge in [-0.3, -0.25) is 0 Å². The van der Waals surface area contributed by atoms with E-state index in [-0.39, 0.29) is 38.4 Å². The number of rotatable bonds is 4. The summed E-state index contributed by atoms with van der Waals surface area (Å²) in [7, 11) is -4.57. The van der Waals surface area contributed by atoms with Gasteiger partial charge in [0.25, 0.3) is 0 Å². The molecule has 0 N–H and O–H groups in total. The van der Waals surface area contributed by atoms with Crippen molar-refractivity contribution in [2.24, 2.45) is 0 Å². The van der Waals surface area contributed by atoms with Crippen LogP contribution in [-0.2, 0) is 0 Å². The first-order valence-electron chi connectivity index (χ1n) is 14.5. The number of benzene rings is 4. The van der Waals surface area contributed by atoms with Crippen LogP contribution in [0.4, 0.5) is 0 Å². The predicted octanol–water partition coefficient (Wildman–Crippen LogP) is 3.37. The third kappa shape index (κ3) is 2.81. The van der Waals surface area contributed by atoms with E-state index in [4.69, 9.17) is 17.8 Å². The maximum Gasteiger partial charge on any atom is 0.179 e. The molecule has 0 amide bonds. The van der Waals surface area contributed by atoms with Crippen LogP contribution in [0, 0.1) is 6.92 Å². The Morgan fingerprint density at radius 2 is 1.23 bits per heavy atom. The van der Waals surface area contributed by atoms with E-state index in [1.54, 1.807) is 30.3 Å². The van der Waals surface area contributed by atoms with Gasteiger partial charge in [0.1, 0.15) is 0 Å². The second-order valence-corrected chi connectivity index (χ2v) is 9.31. The van der Waals surface area contributed by atoms with E-state index in [0.29, 0.717) is 0 Å². The highest BCUT2D eigenvalue weighted by Gasteiger charge is 2.41. The average Bonchev–Trinajstić information content (AvgIpc) is 2.93. The quantitative estimate of drug-likeness (QED) is 0.385. The monoisotopic (exact) mass is 363 g/mol. The lowest BCUT2D eigenvalue weighted by molar-refractivity contribution is 1.49. The van der Waals surface area contributed by atoms with Crippen molar-refractivity contribution in [1.82, 2.24) is 0 Å². The molecule has 0 saturated carbocycles. The highest BCUT2D eigenvalue weighted by Crippen LogP contribution is 2.10. The molecule has 1 heteroatoms. The molecular formula is C25H22Si. The van der Waals surface area contributed by atoms with Crippen molar-refractivity contribution in [3.63, 3.8) is 0 Å². The maximum atomic E-state index is 9.05. The van der Waals surface area contributed by atoms with Crippen LogP contribution in [-0.4, -0.2) is 8.07 Å². The van der Waals surface area contributed by atoms with Gasteiger partial charge < -0.3 is 0 Å². The molecule has 26 heavy (non-hydrogen) atoms. The summed E-state index contributed by atoms with van der Waals surface area (Å²) in [6.07, 6.45) is 0. The summed E-state index contributed by atoms with van der Waals surface area (Å²) in [6, 6.07) is 1.82. The van der Waals surface area contributed by atoms with Gasteiger partial charge in [0.05, 0.1) is 17.8 Å². The molecule has 0 spiro atoms. The summed E-state index contributed by atoms with van der Waals surface area (Å²) in [5.41, 5.74) is 0.0204. The van der Waals surface area contributed by atoms with E-state index in [2.05, 4.69) is 0 Å². The predicted molar refractivity (Wildman–Crippen MR) is 115 cm³/mol. The summed E-state index contributed by atoms with van der Waals surface area (Å²) in [5.74, 6) is 0. The minimum absolute atomic E-state index is 0.0204. The fraction of sp³-hybridized carbons (Fsp3) is 0.0400. The van der Waals surface area contributed by atoms with E-state index >= 15 is 0 Å². The van der Waals surface area contributed by atoms with Crippen LogP contribution in [0.1, 0.15) is 23.4 Å². The Labute approximate surface area is 175 Å². The molecule has 0 aliphatic heterocycles. The van der Waals surface area contributed by atoms with Crippen molar-refractivity contribution in [2.75, 3.05) is 0 Å². The Morgan fingerprint density at radius 1 is 0.577 bits per heavy atom. The lowest BCUT2D eigenvalue weighted by atomic mass is 10.2. The van der Waals surface area contributed by atoms with E-state index in [1.165, 1.54) is 6.92 Å². The van der Waals surface area contributed by atoms with Gasteiger partial charge >= 0.3 is 0 Å². The zero-order valence-corrected chi connectivity index (χ0v) is 15.0. The van der Waals surface area contributed by atoms with Crippen molar-refractivity contribution in [2.45, 2.75) is 6.92 Å². The zero-order valence-electron chi connectivity index (χ0n) is 27.0. The fourth-order valence-corrected chi connectivity index (χ4v) is 7.10. The summed E-state index contributed by atoms with van der Waals surface area (Å²) in [6.45, 7) is 1.41. The van der Waals surface area contributed by atoms with Crippen LogP contribution in [0.2, 0.25) is 0 Å². The minimum atomic E-state index is -4.57. The normalized spacial score (nSPS) is 20.1. The molecule has 0 saturated heterocycles. The molecule has 1 atom stereocenters. The van der Waals surface area contributed by atoms with Gasteiger partial charge in [0.15, 0.2) is 8.07 Å². The smallest absolute Gasteiger partial charge is 0.0623 e. The molecule has 0 aliphatic carbocycles. The first-order chi connectivity index (χ1) is 18.2. The van der Waals surface area contributed by atoms with Crippen LogP contribution in [0.25, 0.3) is 0 Å². The molecular weight excluding hydrogens is 328 g/mol. The molecule has 0 heterocycles. The molecule has 0 fully saturated rings. The summed E-state index contributed by atoms with van der Waals surface area (Å²) in [4.78, 5) is 0. The van der Waals surface area contributed by atoms with Crippen LogP contribution in [0.15, 0.2) is 115 Å². The molecule has 4 aromatic rings. The zero-order chi connectivity index (χ0) is 29.1. The SMILES string of the molecule is [2H]c1cc([Si](c2ccccc2)(c2c([2H])c([2H])c([2H])c([2H])c2[2H])c2c([2H])c([2H])c([2H])c(C)c2[2H])c([2H])c([2H])c1[2H]. The van der Waals surface area contributed by atoms with Gasteiger partial charge in [-0.1, -0.05) is 121 Å². The highest BCUT2D eigenvalue weighted by molar-refractivity contribution is 7.19. The minimum Gasteiger partial charge on any atom is -0.0623 e. The van der Waals surface area contributed by atoms with Gasteiger partial charge in [-0.15, -0.1) is 0 Å². The van der Waals surface area contributed by atoms with Crippen LogP contribution in [0.5, 0.6) is 0 Å². The van der Waals surface area contributed by atoms with Gasteiger partial charge in [-0.25, -0.2) is 0 Å². The molecule has 1 unspecified atom stereocenters. The van der Waals surface area contributed by atoms with Gasteiger partial charge in [0, 0.05) is 0 Å². The topological polar surface area (TPSA) is 0 Å². The van der Waals surface area contributed by atoms with E-state index < -0.39 is 74.5 Å². The molecule has 4 aromatic carbocycles. The highest BCUT2D eigenvalue weighted by atomic mass is 28.3. The maximum absolute atomic E-state index is 9.05. The van der Waals surface area contributed by atoms with Gasteiger partial charge in [-0.2, -0.15) is 0 Å². The third-order valence-electron chi connectivity index (χ3n) is 4.16. The molecule has 0 nitrogen and oxygen atoms in total. The largest absolute Gasteiger partial charge is 0.179 e.